The molecular weight excluding hydrogens is 1140 g/mol. The van der Waals surface area contributed by atoms with Gasteiger partial charge in [0.1, 0.15) is 12.9 Å². The minimum Gasteiger partial charge on any atom is -0.378 e. The number of hydrogen-bond acceptors (Lipinski definition) is 13. The monoisotopic (exact) mass is 1260 g/mol. The molecule has 0 radical (unpaired) electrons. The van der Waals surface area contributed by atoms with E-state index in [1.54, 1.807) is 26.4 Å². The maximum atomic E-state index is 13.4. The lowest BCUT2D eigenvalue weighted by molar-refractivity contribution is -0.124. The van der Waals surface area contributed by atoms with Crippen molar-refractivity contribution in [1.29, 1.82) is 0 Å². The average Bonchev–Trinajstić information content (AvgIpc) is 2.30. The number of rotatable bonds is 30. The summed E-state index contributed by atoms with van der Waals surface area (Å²) in [6, 6.07) is 13.8. The lowest BCUT2D eigenvalue weighted by atomic mass is 9.92. The molecule has 16 nitrogen and oxygen atoms in total. The zero-order valence-electron chi connectivity index (χ0n) is 58.9. The molecule has 3 aliphatic rings. The Balaban J connectivity index is -0.00000265. The number of piperazine rings is 1. The molecular formula is C72H124N8O8S. The molecule has 89 heavy (non-hydrogen) atoms. The number of hydrogen-bond donors (Lipinski definition) is 4. The predicted octanol–water partition coefficient (Wildman–Crippen LogP) is 13.3. The number of benzene rings is 2. The van der Waals surface area contributed by atoms with E-state index >= 15 is 0 Å². The van der Waals surface area contributed by atoms with Gasteiger partial charge in [0, 0.05) is 114 Å². The van der Waals surface area contributed by atoms with Crippen molar-refractivity contribution in [3.05, 3.63) is 89.2 Å². The number of ketones is 1. The third-order valence-electron chi connectivity index (χ3n) is 14.2. The Morgan fingerprint density at radius 2 is 1.38 bits per heavy atom. The van der Waals surface area contributed by atoms with Crippen molar-refractivity contribution in [2.45, 2.75) is 168 Å². The van der Waals surface area contributed by atoms with E-state index in [1.807, 2.05) is 113 Å². The molecule has 3 amide bonds. The van der Waals surface area contributed by atoms with Gasteiger partial charge in [-0.25, -0.2) is 4.99 Å². The number of amides is 3. The van der Waals surface area contributed by atoms with Crippen LogP contribution >= 0.6 is 12.6 Å². The first-order chi connectivity index (χ1) is 43.3. The molecule has 17 heteroatoms. The summed E-state index contributed by atoms with van der Waals surface area (Å²) < 4.78 is 17.4. The fraction of sp³-hybridized carbons (Fsp3) is 0.639. The van der Waals surface area contributed by atoms with Crippen molar-refractivity contribution in [3.8, 4) is 11.8 Å². The Bertz CT molecular complexity index is 2310. The molecule has 2 aromatic carbocycles. The number of allylic oxidation sites excluding steroid dienone is 3. The predicted molar refractivity (Wildman–Crippen MR) is 382 cm³/mol. The summed E-state index contributed by atoms with van der Waals surface area (Å²) in [7, 11) is 3.16. The summed E-state index contributed by atoms with van der Waals surface area (Å²) in [6.45, 7) is 45.7. The van der Waals surface area contributed by atoms with Gasteiger partial charge in [-0.15, -0.1) is 0 Å². The zero-order chi connectivity index (χ0) is 67.8. The molecule has 506 valence electrons. The second kappa shape index (κ2) is 58.6. The van der Waals surface area contributed by atoms with Crippen LogP contribution in [0, 0.1) is 29.6 Å². The molecule has 2 heterocycles. The van der Waals surface area contributed by atoms with Crippen molar-refractivity contribution < 1.29 is 38.2 Å². The van der Waals surface area contributed by atoms with Gasteiger partial charge in [-0.1, -0.05) is 139 Å². The van der Waals surface area contributed by atoms with Crippen molar-refractivity contribution in [2.75, 3.05) is 129 Å². The van der Waals surface area contributed by atoms with Crippen LogP contribution in [0.25, 0.3) is 6.08 Å². The molecule has 2 saturated heterocycles. The highest BCUT2D eigenvalue weighted by Gasteiger charge is 2.23. The van der Waals surface area contributed by atoms with E-state index in [-0.39, 0.29) is 42.1 Å². The van der Waals surface area contributed by atoms with E-state index in [1.165, 1.54) is 30.5 Å². The van der Waals surface area contributed by atoms with Crippen molar-refractivity contribution in [3.63, 3.8) is 0 Å². The van der Waals surface area contributed by atoms with Crippen LogP contribution in [0.4, 0.5) is 11.4 Å². The number of ether oxygens (including phenoxy) is 3. The Kier molecular flexibility index (Phi) is 57.6. The van der Waals surface area contributed by atoms with Gasteiger partial charge in [0.15, 0.2) is 11.6 Å². The normalized spacial score (nSPS) is 14.5. The van der Waals surface area contributed by atoms with E-state index in [2.05, 4.69) is 113 Å². The van der Waals surface area contributed by atoms with E-state index in [0.29, 0.717) is 75.3 Å². The number of anilines is 2. The molecule has 4 unspecified atom stereocenters. The number of nitrogens with zero attached hydrogens (tertiary/aromatic N) is 5. The minimum atomic E-state index is -0.387. The number of unbranched alkanes of at least 4 members (excludes halogenated alkanes) is 2. The largest absolute Gasteiger partial charge is 0.378 e. The molecule has 5 rings (SSSR count). The second-order valence-corrected chi connectivity index (χ2v) is 20.5. The summed E-state index contributed by atoms with van der Waals surface area (Å²) in [4.78, 5) is 70.8. The average molecular weight is 1260 g/mol. The Morgan fingerprint density at radius 3 is 1.92 bits per heavy atom. The van der Waals surface area contributed by atoms with Crippen LogP contribution in [0.1, 0.15) is 188 Å². The molecule has 0 bridgehead atoms. The van der Waals surface area contributed by atoms with Gasteiger partial charge in [-0.05, 0) is 118 Å². The van der Waals surface area contributed by atoms with Crippen molar-refractivity contribution >= 4 is 66.2 Å². The maximum Gasteiger partial charge on any atom is 0.251 e. The molecule has 2 aliphatic heterocycles. The van der Waals surface area contributed by atoms with Gasteiger partial charge in [0.25, 0.3) is 5.91 Å². The standard InChI is InChI=1S/C54H78N6O5.C7H13NO2.C2H5NO.4C2H6.CH4S/c1-8-12-13-16-42(5)41-58(11-4)52(56-51(15-9-2)44(7)55-54(62)46-20-22-48(23-21-46)60-31-35-64-36-32-60)17-14-33-63-37-38-65-34-30-57-26-28-59(29-27-57)49-24-25-50(53(61)43(6)10-3)47(40-49)39-45-18-19-45;1-6(4-3-5-9)7(10)8-2;1-3-2-4;5*1-2/h9,15,20-25,39-40,42-44H,2,8,10-13,16,18-19,26-38,41H2,1,3-7H3,(H,55,62);5-6H,3-4H2,1-2H3,(H,8,10);2H,1H3,(H,3,4);4*1-2H3;2H,1H3/b51-15-,56-52?;;;;;;;. The maximum absolute atomic E-state index is 13.4. The number of nitrogens with one attached hydrogen (secondary N) is 3. The molecule has 4 atom stereocenters. The van der Waals surface area contributed by atoms with Gasteiger partial charge in [0.05, 0.1) is 44.8 Å². The fourth-order valence-electron chi connectivity index (χ4n) is 8.83. The van der Waals surface area contributed by atoms with E-state index < -0.39 is 0 Å². The van der Waals surface area contributed by atoms with Gasteiger partial charge >= 0.3 is 0 Å². The third-order valence-corrected chi connectivity index (χ3v) is 14.2. The van der Waals surface area contributed by atoms with Gasteiger partial charge < -0.3 is 49.7 Å². The van der Waals surface area contributed by atoms with Gasteiger partial charge in [0.2, 0.25) is 12.3 Å². The number of carbonyl (C=O) groups is 5. The Labute approximate surface area is 547 Å². The number of amidine groups is 1. The Hall–Kier alpha value is -5.77. The van der Waals surface area contributed by atoms with E-state index in [9.17, 15) is 19.2 Å². The lowest BCUT2D eigenvalue weighted by Gasteiger charge is -2.36. The zero-order valence-corrected chi connectivity index (χ0v) is 59.8. The molecule has 2 aromatic rings. The van der Waals surface area contributed by atoms with Gasteiger partial charge in [-0.3, -0.25) is 24.1 Å². The molecule has 1 aliphatic carbocycles. The van der Waals surface area contributed by atoms with Crippen LogP contribution in [0.5, 0.6) is 0 Å². The lowest BCUT2D eigenvalue weighted by Crippen LogP contribution is -2.47. The molecule has 3 N–H and O–H groups in total. The minimum absolute atomic E-state index is 0.00171. The highest BCUT2D eigenvalue weighted by molar-refractivity contribution is 7.79. The SMILES string of the molecule is C=C/C=C(\N=C(C#CCOCCOCCN1CCN(c2ccc(C(=O)C(C)CC)c(C=C3CC3)c2)CC1)N(CC)CC(C)CCCCC)C(C)NC(=O)c1ccc(N2CCOCC2)cc1.CC.CC.CC.CC.CNC(=O)C(C)CCC=O.CNC=O.CS. The fourth-order valence-corrected chi connectivity index (χ4v) is 8.83. The first kappa shape index (κ1) is 87.4. The first-order valence-corrected chi connectivity index (χ1v) is 34.3. The summed E-state index contributed by atoms with van der Waals surface area (Å²) in [5.74, 6) is 7.75. The van der Waals surface area contributed by atoms with Crippen LogP contribution in [-0.2, 0) is 28.6 Å². The summed E-state index contributed by atoms with van der Waals surface area (Å²) in [5, 5.41) is 7.92. The molecule has 1 saturated carbocycles. The van der Waals surface area contributed by atoms with Crippen molar-refractivity contribution in [1.82, 2.24) is 25.8 Å². The van der Waals surface area contributed by atoms with Crippen molar-refractivity contribution in [2.24, 2.45) is 22.7 Å². The van der Waals surface area contributed by atoms with Crippen LogP contribution in [-0.4, -0.2) is 171 Å². The number of Topliss-reactive ketones (excluding diaryl/α,β-unsaturated/α-hetero) is 1. The number of aldehydes is 1. The Morgan fingerprint density at radius 1 is 0.787 bits per heavy atom. The quantitative estimate of drug-likeness (QED) is 0.00853. The smallest absolute Gasteiger partial charge is 0.251 e. The molecule has 0 aromatic heterocycles. The number of morpholine rings is 1. The second-order valence-electron chi connectivity index (χ2n) is 20.5. The van der Waals surface area contributed by atoms with Crippen LogP contribution in [0.15, 0.2) is 77.5 Å². The van der Waals surface area contributed by atoms with E-state index in [4.69, 9.17) is 24.0 Å². The van der Waals surface area contributed by atoms with E-state index in [0.717, 1.165) is 108 Å². The topological polar surface area (TPSA) is 174 Å². The third kappa shape index (κ3) is 38.5. The molecule has 0 spiro atoms. The summed E-state index contributed by atoms with van der Waals surface area (Å²) in [6.07, 6.45) is 18.0. The molecule has 3 fully saturated rings. The first-order valence-electron chi connectivity index (χ1n) is 33.4. The summed E-state index contributed by atoms with van der Waals surface area (Å²) >= 11 is 3.53. The number of aliphatic imine (C=N–C) groups is 1. The highest BCUT2D eigenvalue weighted by Crippen LogP contribution is 2.33. The number of carbonyl (C=O) groups excluding carboxylic acids is 5. The summed E-state index contributed by atoms with van der Waals surface area (Å²) in [5.41, 5.74) is 6.92. The van der Waals surface area contributed by atoms with Crippen LogP contribution < -0.4 is 25.8 Å². The van der Waals surface area contributed by atoms with Crippen LogP contribution in [0.3, 0.4) is 0 Å². The van der Waals surface area contributed by atoms with Crippen LogP contribution in [0.2, 0.25) is 0 Å². The van der Waals surface area contributed by atoms with Gasteiger partial charge in [-0.2, -0.15) is 12.6 Å². The highest BCUT2D eigenvalue weighted by atomic mass is 32.1. The number of thiol groups is 1.